The van der Waals surface area contributed by atoms with Crippen molar-refractivity contribution in [1.29, 1.82) is 0 Å². The Morgan fingerprint density at radius 2 is 1.95 bits per heavy atom. The van der Waals surface area contributed by atoms with E-state index in [0.29, 0.717) is 22.9 Å². The van der Waals surface area contributed by atoms with Gasteiger partial charge in [-0.05, 0) is 42.5 Å². The molecular formula is C15H14N2O2S. The summed E-state index contributed by atoms with van der Waals surface area (Å²) in [6.45, 7) is 0. The summed E-state index contributed by atoms with van der Waals surface area (Å²) in [5.41, 5.74) is 1.83. The first-order valence-electron chi connectivity index (χ1n) is 6.47. The van der Waals surface area contributed by atoms with Crippen molar-refractivity contribution in [2.75, 3.05) is 5.32 Å². The maximum Gasteiger partial charge on any atom is 0.256 e. The van der Waals surface area contributed by atoms with Crippen LogP contribution in [0.4, 0.5) is 5.69 Å². The van der Waals surface area contributed by atoms with E-state index in [1.54, 1.807) is 35.7 Å². The van der Waals surface area contributed by atoms with Crippen LogP contribution in [0, 0.1) is 0 Å². The molecule has 5 heteroatoms. The van der Waals surface area contributed by atoms with Gasteiger partial charge in [-0.3, -0.25) is 9.59 Å². The lowest BCUT2D eigenvalue weighted by Crippen LogP contribution is -2.25. The number of amides is 2. The van der Waals surface area contributed by atoms with Gasteiger partial charge in [-0.25, -0.2) is 0 Å². The SMILES string of the molecule is O=C(Nc1cccc(C(=O)NC2CC2)c1)c1ccsc1. The van der Waals surface area contributed by atoms with Crippen LogP contribution in [0.1, 0.15) is 33.6 Å². The summed E-state index contributed by atoms with van der Waals surface area (Å²) in [7, 11) is 0. The van der Waals surface area contributed by atoms with Crippen LogP contribution < -0.4 is 10.6 Å². The minimum absolute atomic E-state index is 0.0841. The lowest BCUT2D eigenvalue weighted by atomic mass is 10.2. The van der Waals surface area contributed by atoms with E-state index in [-0.39, 0.29) is 11.8 Å². The molecule has 0 bridgehead atoms. The Hall–Kier alpha value is -2.14. The lowest BCUT2D eigenvalue weighted by Gasteiger charge is -2.07. The summed E-state index contributed by atoms with van der Waals surface area (Å²) in [6.07, 6.45) is 2.11. The lowest BCUT2D eigenvalue weighted by molar-refractivity contribution is 0.0949. The number of nitrogens with one attached hydrogen (secondary N) is 2. The number of rotatable bonds is 4. The van der Waals surface area contributed by atoms with Gasteiger partial charge in [0, 0.05) is 22.7 Å². The highest BCUT2D eigenvalue weighted by molar-refractivity contribution is 7.08. The molecule has 102 valence electrons. The minimum Gasteiger partial charge on any atom is -0.349 e. The number of carbonyl (C=O) groups is 2. The van der Waals surface area contributed by atoms with Gasteiger partial charge in [-0.2, -0.15) is 11.3 Å². The molecule has 0 unspecified atom stereocenters. The Morgan fingerprint density at radius 1 is 1.10 bits per heavy atom. The van der Waals surface area contributed by atoms with Gasteiger partial charge in [0.05, 0.1) is 5.56 Å². The minimum atomic E-state index is -0.161. The second-order valence-corrected chi connectivity index (χ2v) is 5.57. The molecule has 2 N–H and O–H groups in total. The van der Waals surface area contributed by atoms with Crippen molar-refractivity contribution in [2.45, 2.75) is 18.9 Å². The van der Waals surface area contributed by atoms with Crippen LogP contribution in [0.3, 0.4) is 0 Å². The molecule has 3 rings (SSSR count). The molecule has 0 radical (unpaired) electrons. The molecule has 1 aliphatic rings. The van der Waals surface area contributed by atoms with E-state index < -0.39 is 0 Å². The summed E-state index contributed by atoms with van der Waals surface area (Å²) >= 11 is 1.48. The number of hydrogen-bond acceptors (Lipinski definition) is 3. The van der Waals surface area contributed by atoms with E-state index in [4.69, 9.17) is 0 Å². The summed E-state index contributed by atoms with van der Waals surface area (Å²) in [4.78, 5) is 23.9. The van der Waals surface area contributed by atoms with Gasteiger partial charge in [0.15, 0.2) is 0 Å². The van der Waals surface area contributed by atoms with Gasteiger partial charge in [-0.15, -0.1) is 0 Å². The van der Waals surface area contributed by atoms with Crippen LogP contribution in [-0.4, -0.2) is 17.9 Å². The molecule has 20 heavy (non-hydrogen) atoms. The number of anilines is 1. The average Bonchev–Trinajstić information content (AvgIpc) is 3.08. The second kappa shape index (κ2) is 5.46. The quantitative estimate of drug-likeness (QED) is 0.908. The van der Waals surface area contributed by atoms with Crippen molar-refractivity contribution in [1.82, 2.24) is 5.32 Å². The third kappa shape index (κ3) is 3.05. The summed E-state index contributed by atoms with van der Waals surface area (Å²) in [5.74, 6) is -0.245. The normalized spacial score (nSPS) is 13.8. The predicted molar refractivity (Wildman–Crippen MR) is 79.2 cm³/mol. The molecule has 2 aromatic rings. The summed E-state index contributed by atoms with van der Waals surface area (Å²) in [6, 6.07) is 9.08. The monoisotopic (exact) mass is 286 g/mol. The van der Waals surface area contributed by atoms with Gasteiger partial charge in [0.2, 0.25) is 0 Å². The van der Waals surface area contributed by atoms with Crippen molar-refractivity contribution >= 4 is 28.8 Å². The highest BCUT2D eigenvalue weighted by Gasteiger charge is 2.23. The molecule has 1 aromatic heterocycles. The fourth-order valence-corrected chi connectivity index (χ4v) is 2.47. The maximum absolute atomic E-state index is 11.9. The third-order valence-electron chi connectivity index (χ3n) is 3.08. The molecule has 1 aromatic carbocycles. The number of carbonyl (C=O) groups excluding carboxylic acids is 2. The van der Waals surface area contributed by atoms with Gasteiger partial charge in [0.25, 0.3) is 11.8 Å². The molecule has 0 aliphatic heterocycles. The number of thiophene rings is 1. The summed E-state index contributed by atoms with van der Waals surface area (Å²) < 4.78 is 0. The maximum atomic E-state index is 11.9. The fraction of sp³-hybridized carbons (Fsp3) is 0.200. The van der Waals surface area contributed by atoms with E-state index in [0.717, 1.165) is 12.8 Å². The Balaban J connectivity index is 1.70. The molecule has 1 aliphatic carbocycles. The van der Waals surface area contributed by atoms with E-state index in [2.05, 4.69) is 10.6 Å². The molecule has 0 atom stereocenters. The highest BCUT2D eigenvalue weighted by atomic mass is 32.1. The van der Waals surface area contributed by atoms with E-state index >= 15 is 0 Å². The standard InChI is InChI=1S/C15H14N2O2S/c18-14(16-12-4-5-12)10-2-1-3-13(8-10)17-15(19)11-6-7-20-9-11/h1-3,6-9,12H,4-5H2,(H,16,18)(H,17,19). The van der Waals surface area contributed by atoms with Crippen molar-refractivity contribution in [2.24, 2.45) is 0 Å². The van der Waals surface area contributed by atoms with Crippen molar-refractivity contribution < 1.29 is 9.59 Å². The zero-order valence-corrected chi connectivity index (χ0v) is 11.6. The molecule has 1 saturated carbocycles. The first-order chi connectivity index (χ1) is 9.72. The predicted octanol–water partition coefficient (Wildman–Crippen LogP) is 2.89. The van der Waals surface area contributed by atoms with Crippen LogP contribution in [0.2, 0.25) is 0 Å². The van der Waals surface area contributed by atoms with Crippen molar-refractivity contribution in [3.63, 3.8) is 0 Å². The van der Waals surface area contributed by atoms with E-state index in [1.165, 1.54) is 11.3 Å². The van der Waals surface area contributed by atoms with Gasteiger partial charge < -0.3 is 10.6 Å². The van der Waals surface area contributed by atoms with Gasteiger partial charge in [-0.1, -0.05) is 6.07 Å². The van der Waals surface area contributed by atoms with E-state index in [1.807, 2.05) is 5.38 Å². The van der Waals surface area contributed by atoms with E-state index in [9.17, 15) is 9.59 Å². The number of benzene rings is 1. The number of hydrogen-bond donors (Lipinski definition) is 2. The smallest absolute Gasteiger partial charge is 0.256 e. The molecule has 4 nitrogen and oxygen atoms in total. The summed E-state index contributed by atoms with van der Waals surface area (Å²) in [5, 5.41) is 9.37. The Bertz CT molecular complexity index is 633. The molecule has 1 fully saturated rings. The zero-order valence-electron chi connectivity index (χ0n) is 10.8. The largest absolute Gasteiger partial charge is 0.349 e. The fourth-order valence-electron chi connectivity index (χ4n) is 1.83. The molecule has 0 spiro atoms. The first kappa shape index (κ1) is 12.9. The molecule has 0 saturated heterocycles. The Kier molecular flexibility index (Phi) is 3.52. The zero-order chi connectivity index (χ0) is 13.9. The molecule has 2 amide bonds. The van der Waals surface area contributed by atoms with Crippen LogP contribution in [0.15, 0.2) is 41.1 Å². The van der Waals surface area contributed by atoms with Gasteiger partial charge >= 0.3 is 0 Å². The first-order valence-corrected chi connectivity index (χ1v) is 7.41. The van der Waals surface area contributed by atoms with Crippen LogP contribution in [0.5, 0.6) is 0 Å². The molecular weight excluding hydrogens is 272 g/mol. The topological polar surface area (TPSA) is 58.2 Å². The highest BCUT2D eigenvalue weighted by Crippen LogP contribution is 2.20. The van der Waals surface area contributed by atoms with Crippen LogP contribution >= 0.6 is 11.3 Å². The Labute approximate surface area is 120 Å². The van der Waals surface area contributed by atoms with Crippen LogP contribution in [0.25, 0.3) is 0 Å². The van der Waals surface area contributed by atoms with Crippen molar-refractivity contribution in [3.8, 4) is 0 Å². The second-order valence-electron chi connectivity index (χ2n) is 4.79. The third-order valence-corrected chi connectivity index (χ3v) is 3.76. The average molecular weight is 286 g/mol. The Morgan fingerprint density at radius 3 is 2.65 bits per heavy atom. The van der Waals surface area contributed by atoms with Crippen molar-refractivity contribution in [3.05, 3.63) is 52.2 Å². The van der Waals surface area contributed by atoms with Gasteiger partial charge in [0.1, 0.15) is 0 Å². The molecule has 1 heterocycles. The van der Waals surface area contributed by atoms with Crippen LogP contribution in [-0.2, 0) is 0 Å².